The predicted octanol–water partition coefficient (Wildman–Crippen LogP) is 11.9. The average Bonchev–Trinajstić information content (AvgIpc) is 3.23. The third-order valence-electron chi connectivity index (χ3n) is 10.3. The van der Waals surface area contributed by atoms with Crippen LogP contribution < -0.4 is 9.47 Å². The van der Waals surface area contributed by atoms with E-state index in [-0.39, 0.29) is 0 Å². The molecular formula is C50H34O6. The normalized spacial score (nSPS) is 11.3. The molecule has 0 bridgehead atoms. The lowest BCUT2D eigenvalue weighted by Crippen LogP contribution is -2.12. The minimum Gasteiger partial charge on any atom is -0.481 e. The molecule has 0 aliphatic carbocycles. The van der Waals surface area contributed by atoms with Crippen molar-refractivity contribution in [2.75, 3.05) is 13.2 Å². The first kappa shape index (κ1) is 34.3. The van der Waals surface area contributed by atoms with Crippen LogP contribution >= 0.6 is 0 Å². The minimum atomic E-state index is -1.13. The summed E-state index contributed by atoms with van der Waals surface area (Å²) >= 11 is 0. The van der Waals surface area contributed by atoms with E-state index in [2.05, 4.69) is 78.9 Å². The molecule has 0 spiro atoms. The van der Waals surface area contributed by atoms with Crippen molar-refractivity contribution in [1.29, 1.82) is 0 Å². The molecule has 0 saturated carbocycles. The topological polar surface area (TPSA) is 93.1 Å². The zero-order valence-electron chi connectivity index (χ0n) is 30.1. The number of carboxylic acid groups (broad SMARTS) is 2. The Morgan fingerprint density at radius 2 is 0.875 bits per heavy atom. The van der Waals surface area contributed by atoms with Crippen molar-refractivity contribution in [2.45, 2.75) is 0 Å². The number of benzene rings is 9. The second-order valence-corrected chi connectivity index (χ2v) is 13.8. The lowest BCUT2D eigenvalue weighted by molar-refractivity contribution is -0.140. The molecule has 2 N–H and O–H groups in total. The van der Waals surface area contributed by atoms with Crippen molar-refractivity contribution < 1.29 is 29.3 Å². The van der Waals surface area contributed by atoms with Gasteiger partial charge in [-0.15, -0.1) is 0 Å². The van der Waals surface area contributed by atoms with Gasteiger partial charge in [0.05, 0.1) is 0 Å². The third kappa shape index (κ3) is 6.43. The Kier molecular flexibility index (Phi) is 8.84. The maximum Gasteiger partial charge on any atom is 0.341 e. The molecule has 9 aromatic carbocycles. The van der Waals surface area contributed by atoms with Crippen LogP contribution in [0, 0.1) is 0 Å². The number of fused-ring (bicyclic) bond motifs is 4. The van der Waals surface area contributed by atoms with Crippen molar-refractivity contribution in [3.8, 4) is 56.0 Å². The summed E-state index contributed by atoms with van der Waals surface area (Å²) in [5.41, 5.74) is 6.77. The van der Waals surface area contributed by atoms with Gasteiger partial charge in [0.25, 0.3) is 0 Å². The molecule has 56 heavy (non-hydrogen) atoms. The van der Waals surface area contributed by atoms with Gasteiger partial charge in [-0.2, -0.15) is 0 Å². The van der Waals surface area contributed by atoms with Crippen molar-refractivity contribution in [2.24, 2.45) is 0 Å². The minimum absolute atomic E-state index is 0.337. The van der Waals surface area contributed by atoms with Gasteiger partial charge in [0.1, 0.15) is 11.5 Å². The highest BCUT2D eigenvalue weighted by Gasteiger charge is 2.25. The maximum atomic E-state index is 12.2. The molecule has 0 aliphatic rings. The van der Waals surface area contributed by atoms with E-state index in [4.69, 9.17) is 9.47 Å². The highest BCUT2D eigenvalue weighted by molar-refractivity contribution is 6.13. The van der Waals surface area contributed by atoms with Crippen LogP contribution in [0.25, 0.3) is 87.6 Å². The monoisotopic (exact) mass is 730 g/mol. The van der Waals surface area contributed by atoms with Crippen molar-refractivity contribution in [3.05, 3.63) is 170 Å². The zero-order chi connectivity index (χ0) is 38.2. The molecule has 0 amide bonds. The van der Waals surface area contributed by atoms with E-state index in [0.717, 1.165) is 70.9 Å². The standard InChI is InChI=1S/C50H34O6/c51-46(52)29-55-45-24-22-39-27-36(35-19-17-31-9-1-3-11-33(31)25-35)21-23-42(39)48(45)49-41-15-6-5-13-37(41)28-44(50(49)56-30-47(53)54)43-16-8-7-14-40(43)38-20-18-32-10-2-4-12-34(32)26-38/h1-28H,29-30H2,(H,51,52)(H,53,54). The number of aliphatic carboxylic acids is 2. The first-order chi connectivity index (χ1) is 27.4. The molecular weight excluding hydrogens is 697 g/mol. The van der Waals surface area contributed by atoms with Gasteiger partial charge < -0.3 is 19.7 Å². The first-order valence-corrected chi connectivity index (χ1v) is 18.3. The summed E-state index contributed by atoms with van der Waals surface area (Å²) < 4.78 is 12.5. The Bertz CT molecular complexity index is 3000. The third-order valence-corrected chi connectivity index (χ3v) is 10.3. The lowest BCUT2D eigenvalue weighted by Gasteiger charge is -2.23. The number of ether oxygens (including phenoxy) is 2. The van der Waals surface area contributed by atoms with E-state index >= 15 is 0 Å². The fraction of sp³-hybridized carbons (Fsp3) is 0.0400. The number of carboxylic acids is 2. The van der Waals surface area contributed by atoms with E-state index in [9.17, 15) is 19.8 Å². The number of hydrogen-bond acceptors (Lipinski definition) is 4. The van der Waals surface area contributed by atoms with E-state index < -0.39 is 25.2 Å². The Morgan fingerprint density at radius 1 is 0.393 bits per heavy atom. The first-order valence-electron chi connectivity index (χ1n) is 18.3. The second kappa shape index (κ2) is 14.4. The van der Waals surface area contributed by atoms with Gasteiger partial charge in [-0.3, -0.25) is 0 Å². The fourth-order valence-electron chi connectivity index (χ4n) is 7.76. The summed E-state index contributed by atoms with van der Waals surface area (Å²) in [6.07, 6.45) is 0. The average molecular weight is 731 g/mol. The van der Waals surface area contributed by atoms with Crippen LogP contribution in [-0.2, 0) is 9.59 Å². The smallest absolute Gasteiger partial charge is 0.341 e. The Labute approximate surface area is 322 Å². The molecule has 6 heteroatoms. The quantitative estimate of drug-likeness (QED) is 0.145. The molecule has 6 nitrogen and oxygen atoms in total. The van der Waals surface area contributed by atoms with Gasteiger partial charge in [-0.25, -0.2) is 9.59 Å². The SMILES string of the molecule is O=C(O)COc1ccc2cc(-c3ccc4ccccc4c3)ccc2c1-c1c(OCC(=O)O)c(-c2ccccc2-c2ccc3ccccc3c2)cc2ccccc12. The second-order valence-electron chi connectivity index (χ2n) is 13.8. The predicted molar refractivity (Wildman–Crippen MR) is 224 cm³/mol. The molecule has 0 aromatic heterocycles. The van der Waals surface area contributed by atoms with Gasteiger partial charge in [0.15, 0.2) is 13.2 Å². The molecule has 9 rings (SSSR count). The van der Waals surface area contributed by atoms with Gasteiger partial charge in [-0.1, -0.05) is 140 Å². The maximum absolute atomic E-state index is 12.2. The molecule has 0 fully saturated rings. The fourth-order valence-corrected chi connectivity index (χ4v) is 7.76. The molecule has 0 saturated heterocycles. The van der Waals surface area contributed by atoms with E-state index in [1.165, 1.54) is 0 Å². The summed E-state index contributed by atoms with van der Waals surface area (Å²) in [6, 6.07) is 57.0. The van der Waals surface area contributed by atoms with Gasteiger partial charge in [0, 0.05) is 16.7 Å². The summed E-state index contributed by atoms with van der Waals surface area (Å²) in [4.78, 5) is 24.2. The lowest BCUT2D eigenvalue weighted by atomic mass is 9.86. The Balaban J connectivity index is 1.33. The molecule has 0 radical (unpaired) electrons. The molecule has 270 valence electrons. The number of hydrogen-bond donors (Lipinski definition) is 2. The van der Waals surface area contributed by atoms with E-state index in [0.29, 0.717) is 28.2 Å². The van der Waals surface area contributed by atoms with Crippen molar-refractivity contribution >= 4 is 55.0 Å². The summed E-state index contributed by atoms with van der Waals surface area (Å²) in [7, 11) is 0. The Morgan fingerprint density at radius 3 is 1.57 bits per heavy atom. The van der Waals surface area contributed by atoms with Crippen LogP contribution in [0.2, 0.25) is 0 Å². The van der Waals surface area contributed by atoms with Crippen LogP contribution in [0.4, 0.5) is 0 Å². The number of rotatable bonds is 10. The van der Waals surface area contributed by atoms with Crippen LogP contribution in [-0.4, -0.2) is 35.4 Å². The van der Waals surface area contributed by atoms with Gasteiger partial charge >= 0.3 is 11.9 Å². The highest BCUT2D eigenvalue weighted by Crippen LogP contribution is 2.51. The van der Waals surface area contributed by atoms with Crippen molar-refractivity contribution in [3.63, 3.8) is 0 Å². The highest BCUT2D eigenvalue weighted by atomic mass is 16.5. The van der Waals surface area contributed by atoms with E-state index in [1.807, 2.05) is 84.9 Å². The molecule has 0 heterocycles. The number of carbonyl (C=O) groups is 2. The van der Waals surface area contributed by atoms with E-state index in [1.54, 1.807) is 6.07 Å². The summed E-state index contributed by atoms with van der Waals surface area (Å²) in [5.74, 6) is -1.56. The summed E-state index contributed by atoms with van der Waals surface area (Å²) in [6.45, 7) is -1.17. The van der Waals surface area contributed by atoms with Crippen LogP contribution in [0.3, 0.4) is 0 Å². The molecule has 0 unspecified atom stereocenters. The summed E-state index contributed by atoms with van der Waals surface area (Å²) in [5, 5.41) is 27.6. The zero-order valence-corrected chi connectivity index (χ0v) is 30.1. The largest absolute Gasteiger partial charge is 0.481 e. The molecule has 9 aromatic rings. The molecule has 0 aliphatic heterocycles. The Hall–Kier alpha value is -7.44. The van der Waals surface area contributed by atoms with Crippen LogP contribution in [0.5, 0.6) is 11.5 Å². The van der Waals surface area contributed by atoms with Crippen LogP contribution in [0.15, 0.2) is 170 Å². The molecule has 0 atom stereocenters. The van der Waals surface area contributed by atoms with Crippen LogP contribution in [0.1, 0.15) is 0 Å². The van der Waals surface area contributed by atoms with Crippen molar-refractivity contribution in [1.82, 2.24) is 0 Å². The van der Waals surface area contributed by atoms with Gasteiger partial charge in [0.2, 0.25) is 0 Å². The van der Waals surface area contributed by atoms with Gasteiger partial charge in [-0.05, 0) is 101 Å².